The van der Waals surface area contributed by atoms with Gasteiger partial charge in [0.15, 0.2) is 0 Å². The highest BCUT2D eigenvalue weighted by Crippen LogP contribution is 2.80. The first-order valence-corrected chi connectivity index (χ1v) is 19.4. The van der Waals surface area contributed by atoms with Crippen LogP contribution in [0.2, 0.25) is 0 Å². The number of fused-ring (bicyclic) bond motifs is 2. The maximum absolute atomic E-state index is 14.0. The molecule has 17 heteroatoms. The number of likely N-dealkylation sites (tertiary alicyclic amines) is 1. The average molecular weight is 769 g/mol. The molecule has 0 aromatic heterocycles. The molecule has 1 aromatic rings. The quantitative estimate of drug-likeness (QED) is 0.177. The van der Waals surface area contributed by atoms with Crippen molar-refractivity contribution < 1.29 is 77.2 Å². The number of imide groups is 1. The van der Waals surface area contributed by atoms with Crippen molar-refractivity contribution in [1.82, 2.24) is 4.90 Å². The summed E-state index contributed by atoms with van der Waals surface area (Å²) in [6.07, 6.45) is 0.951. The first-order valence-electron chi connectivity index (χ1n) is 18.1. The van der Waals surface area contributed by atoms with Gasteiger partial charge in [0.2, 0.25) is 11.8 Å². The van der Waals surface area contributed by atoms with Gasteiger partial charge >= 0.3 is 5.97 Å². The molecular weight excluding hydrogens is 720 g/mol. The number of amides is 2. The maximum atomic E-state index is 14.0. The summed E-state index contributed by atoms with van der Waals surface area (Å²) in [4.78, 5) is 42.6. The second-order valence-corrected chi connectivity index (χ2v) is 16.6. The molecule has 3 unspecified atom stereocenters. The van der Waals surface area contributed by atoms with Crippen molar-refractivity contribution in [2.24, 2.45) is 34.5 Å². The molecule has 2 heterocycles. The molecule has 2 amide bonds. The van der Waals surface area contributed by atoms with Crippen molar-refractivity contribution in [3.63, 3.8) is 0 Å². The maximum Gasteiger partial charge on any atom is 0.340 e. The molecule has 53 heavy (non-hydrogen) atoms. The van der Waals surface area contributed by atoms with E-state index in [0.717, 1.165) is 11.3 Å². The zero-order valence-corrected chi connectivity index (χ0v) is 31.2. The van der Waals surface area contributed by atoms with Crippen LogP contribution in [0.4, 0.5) is 5.69 Å². The Morgan fingerprint density at radius 2 is 1.66 bits per heavy atom. The lowest BCUT2D eigenvalue weighted by molar-refractivity contribution is -1.92. The van der Waals surface area contributed by atoms with Crippen LogP contribution in [-0.4, -0.2) is 127 Å². The van der Waals surface area contributed by atoms with Crippen LogP contribution < -0.4 is 18.9 Å². The summed E-state index contributed by atoms with van der Waals surface area (Å²) < 4.78 is 64.0. The fourth-order valence-electron chi connectivity index (χ4n) is 13.0. The van der Waals surface area contributed by atoms with Gasteiger partial charge in [-0.1, -0.05) is 19.1 Å². The number of hydrogen-bond donors (Lipinski definition) is 3. The summed E-state index contributed by atoms with van der Waals surface area (Å²) >= 11 is 0. The number of likely N-dealkylation sites (N-methyl/N-ethyl adjacent to an activating group) is 1. The fraction of sp³-hybridized carbons (Fsp3) is 0.750. The molecule has 7 fully saturated rings. The minimum Gasteiger partial charge on any atom is -0.461 e. The molecular formula is C36H49ClN2O14. The number of halogens is 1. The van der Waals surface area contributed by atoms with Crippen LogP contribution in [0.1, 0.15) is 55.8 Å². The minimum absolute atomic E-state index is 0.0394. The number of carbonyl (C=O) groups is 3. The smallest absolute Gasteiger partial charge is 0.340 e. The summed E-state index contributed by atoms with van der Waals surface area (Å²) in [5.41, 5.74) is -4.15. The van der Waals surface area contributed by atoms with Gasteiger partial charge < -0.3 is 33.9 Å². The number of piperidine rings is 1. The van der Waals surface area contributed by atoms with E-state index >= 15 is 0 Å². The Morgan fingerprint density at radius 3 is 2.25 bits per heavy atom. The van der Waals surface area contributed by atoms with Gasteiger partial charge in [-0.25, -0.2) is 9.69 Å². The zero-order chi connectivity index (χ0) is 38.5. The van der Waals surface area contributed by atoms with Crippen molar-refractivity contribution in [2.45, 2.75) is 87.1 Å². The molecule has 294 valence electrons. The number of carbonyl (C=O) groups excluding carboxylic acids is 3. The lowest BCUT2D eigenvalue weighted by Crippen LogP contribution is -2.82. The summed E-state index contributed by atoms with van der Waals surface area (Å²) in [7, 11) is 2.00. The Morgan fingerprint density at radius 1 is 1.00 bits per heavy atom. The van der Waals surface area contributed by atoms with Crippen LogP contribution >= 0.6 is 0 Å². The third-order valence-electron chi connectivity index (χ3n) is 14.2. The normalized spacial score (nSPS) is 43.8. The fourth-order valence-corrected chi connectivity index (χ4v) is 13.0. The molecule has 3 N–H and O–H groups in total. The van der Waals surface area contributed by atoms with Gasteiger partial charge in [0.25, 0.3) is 0 Å². The molecule has 16 nitrogen and oxygen atoms in total. The van der Waals surface area contributed by atoms with Crippen molar-refractivity contribution in [3.8, 4) is 0 Å². The van der Waals surface area contributed by atoms with Gasteiger partial charge in [-0.05, 0) is 43.9 Å². The van der Waals surface area contributed by atoms with E-state index in [-0.39, 0.29) is 90.9 Å². The van der Waals surface area contributed by atoms with Crippen molar-refractivity contribution in [1.29, 1.82) is 0 Å². The first kappa shape index (κ1) is 38.9. The number of esters is 1. The molecule has 1 spiro atoms. The highest BCUT2D eigenvalue weighted by Gasteiger charge is 2.91. The van der Waals surface area contributed by atoms with Gasteiger partial charge in [0.05, 0.1) is 63.2 Å². The third kappa shape index (κ3) is 5.25. The molecule has 1 aromatic carbocycles. The van der Waals surface area contributed by atoms with Gasteiger partial charge in [-0.3, -0.25) is 14.5 Å². The van der Waals surface area contributed by atoms with Gasteiger partial charge in [0, 0.05) is 82.8 Å². The minimum atomic E-state index is -4.69. The van der Waals surface area contributed by atoms with Gasteiger partial charge in [-0.2, -0.15) is 14.0 Å². The molecule has 2 aliphatic heterocycles. The SMILES string of the molecule is CCN1C[C@]2(COC(=O)c3ccccc3N3C(=O)CCC3=O)CC[C@H](OC)[C@]34C1C(O)([C@@H](OC)C23)[C@@]1(O)C[C@H](OC)[C@H]2C[C@@H]4[C@@H]1[C@H]2OC.[O-][Cl+3]([O-])([O-])O. The molecule has 8 rings (SSSR count). The molecule has 7 aliphatic rings. The van der Waals surface area contributed by atoms with E-state index in [1.54, 1.807) is 52.7 Å². The van der Waals surface area contributed by atoms with Crippen molar-refractivity contribution in [2.75, 3.05) is 53.0 Å². The largest absolute Gasteiger partial charge is 0.461 e. The van der Waals surface area contributed by atoms with E-state index in [1.807, 2.05) is 0 Å². The summed E-state index contributed by atoms with van der Waals surface area (Å²) in [5.74, 6) is -2.00. The van der Waals surface area contributed by atoms with Crippen LogP contribution in [-0.2, 0) is 33.3 Å². The van der Waals surface area contributed by atoms with Gasteiger partial charge in [-0.15, -0.1) is 0 Å². The van der Waals surface area contributed by atoms with Gasteiger partial charge in [0.1, 0.15) is 11.2 Å². The lowest BCUT2D eigenvalue weighted by Gasteiger charge is -2.70. The summed E-state index contributed by atoms with van der Waals surface area (Å²) in [6.45, 7) is 3.24. The van der Waals surface area contributed by atoms with Crippen molar-refractivity contribution in [3.05, 3.63) is 29.8 Å². The number of nitrogens with zero attached hydrogens (tertiary/aromatic N) is 2. The Hall–Kier alpha value is -2.32. The van der Waals surface area contributed by atoms with E-state index in [9.17, 15) is 24.6 Å². The molecule has 7 bridgehead atoms. The Labute approximate surface area is 309 Å². The average Bonchev–Trinajstić information content (AvgIpc) is 3.69. The van der Waals surface area contributed by atoms with E-state index in [0.29, 0.717) is 25.9 Å². The lowest BCUT2D eigenvalue weighted by atomic mass is 9.42. The van der Waals surface area contributed by atoms with E-state index in [2.05, 4.69) is 11.8 Å². The number of para-hydroxylation sites is 1. The highest BCUT2D eigenvalue weighted by molar-refractivity contribution is 6.21. The van der Waals surface area contributed by atoms with Crippen LogP contribution in [0.3, 0.4) is 0 Å². The highest BCUT2D eigenvalue weighted by atomic mass is 35.7. The molecule has 13 atom stereocenters. The Bertz CT molecular complexity index is 1610. The summed E-state index contributed by atoms with van der Waals surface area (Å²) in [5, 5.41) is 26.5. The second-order valence-electron chi connectivity index (χ2n) is 15.8. The van der Waals surface area contributed by atoms with Crippen LogP contribution in [0.15, 0.2) is 24.3 Å². The molecule has 2 saturated heterocycles. The third-order valence-corrected chi connectivity index (χ3v) is 14.2. The molecule has 0 radical (unpaired) electrons. The van der Waals surface area contributed by atoms with Crippen LogP contribution in [0, 0.1) is 44.7 Å². The predicted octanol–water partition coefficient (Wildman–Crippen LogP) is -2.33. The number of anilines is 1. The molecule has 5 saturated carbocycles. The number of rotatable bonds is 9. The van der Waals surface area contributed by atoms with E-state index < -0.39 is 50.4 Å². The van der Waals surface area contributed by atoms with E-state index in [4.69, 9.17) is 42.3 Å². The van der Waals surface area contributed by atoms with Crippen LogP contribution in [0.25, 0.3) is 0 Å². The number of benzene rings is 1. The topological polar surface area (TPSA) is 234 Å². The predicted molar refractivity (Wildman–Crippen MR) is 172 cm³/mol. The number of ether oxygens (including phenoxy) is 5. The number of aliphatic hydroxyl groups is 2. The van der Waals surface area contributed by atoms with Crippen LogP contribution in [0.5, 0.6) is 0 Å². The van der Waals surface area contributed by atoms with E-state index in [1.165, 1.54) is 0 Å². The monoisotopic (exact) mass is 768 g/mol. The number of methoxy groups -OCH3 is 4. The Kier molecular flexibility index (Phi) is 9.85. The summed E-state index contributed by atoms with van der Waals surface area (Å²) in [6, 6.07) is 6.11. The number of hydrogen-bond acceptors (Lipinski definition) is 15. The first-order chi connectivity index (χ1) is 25.0. The Balaban J connectivity index is 0.000000817. The molecule has 5 aliphatic carbocycles. The standard InChI is InChI=1S/C36H48N2O10.ClHO4/c1-6-37-17-33(18-48-31(41)19-9-7-8-10-22(19)38-25(39)11-12-26(38)40)14-13-24(45-3)35-21-15-20-23(44-2)16-34(42,27(21)28(20)46-4)36(43,32(35)37)30(47-5)29(33)35;2-1(3,4)5/h7-10,20-21,23-24,27-30,32,42-43H,6,11-18H2,1-5H3;(H,2,3,4,5)/t20-,21-,23+,24+,27-,28+,29?,30+,32?,33+,34-,35+,36?;/m1./s1. The van der Waals surface area contributed by atoms with Crippen molar-refractivity contribution >= 4 is 23.5 Å². The zero-order valence-electron chi connectivity index (χ0n) is 30.5. The second kappa shape index (κ2) is 13.4.